The minimum atomic E-state index is 0.401. The lowest BCUT2D eigenvalue weighted by Crippen LogP contribution is -2.04. The average Bonchev–Trinajstić information content (AvgIpc) is 2.47. The summed E-state index contributed by atoms with van der Waals surface area (Å²) in [7, 11) is 0. The van der Waals surface area contributed by atoms with Gasteiger partial charge in [-0.25, -0.2) is 0 Å². The zero-order chi connectivity index (χ0) is 16.1. The number of ether oxygens (including phenoxy) is 1. The van der Waals surface area contributed by atoms with Crippen LogP contribution < -0.4 is 10.1 Å². The first kappa shape index (κ1) is 16.7. The van der Waals surface area contributed by atoms with Gasteiger partial charge in [-0.2, -0.15) is 0 Å². The molecule has 0 heterocycles. The van der Waals surface area contributed by atoms with Crippen LogP contribution in [-0.4, -0.2) is 6.61 Å². The summed E-state index contributed by atoms with van der Waals surface area (Å²) in [6.45, 7) is 8.82. The van der Waals surface area contributed by atoms with Gasteiger partial charge in [0.1, 0.15) is 12.4 Å². The van der Waals surface area contributed by atoms with E-state index in [1.165, 1.54) is 11.1 Å². The highest BCUT2D eigenvalue weighted by Crippen LogP contribution is 2.33. The van der Waals surface area contributed by atoms with Crippen molar-refractivity contribution in [1.29, 1.82) is 0 Å². The molecule has 0 aromatic heterocycles. The molecule has 0 aliphatic rings. The largest absolute Gasteiger partial charge is 0.488 e. The Labute approximate surface area is 141 Å². The molecule has 0 amide bonds. The summed E-state index contributed by atoms with van der Waals surface area (Å²) in [5, 5.41) is 4.47. The highest BCUT2D eigenvalue weighted by Gasteiger charge is 2.10. The molecule has 2 rings (SSSR count). The first-order valence-corrected chi connectivity index (χ1v) is 7.79. The molecule has 0 fully saturated rings. The summed E-state index contributed by atoms with van der Waals surface area (Å²) in [5.41, 5.74) is 4.48. The second kappa shape index (κ2) is 7.57. The summed E-state index contributed by atoms with van der Waals surface area (Å²) in [6.07, 6.45) is 1.69. The first-order valence-electron chi connectivity index (χ1n) is 7.04. The summed E-state index contributed by atoms with van der Waals surface area (Å²) in [6, 6.07) is 9.81. The molecule has 0 unspecified atom stereocenters. The maximum atomic E-state index is 6.23. The molecule has 2 nitrogen and oxygen atoms in total. The number of hydrogen-bond acceptors (Lipinski definition) is 2. The van der Waals surface area contributed by atoms with Crippen LogP contribution in [0.4, 0.5) is 5.69 Å². The average molecular weight is 336 g/mol. The van der Waals surface area contributed by atoms with E-state index in [4.69, 9.17) is 27.9 Å². The molecule has 1 N–H and O–H groups in total. The number of rotatable bonds is 6. The molecule has 4 heteroatoms. The summed E-state index contributed by atoms with van der Waals surface area (Å²) in [5.74, 6) is 0.641. The minimum absolute atomic E-state index is 0.401. The SMILES string of the molecule is C=CCOc1c(Cl)cc(Cl)cc1CNc1ccc(C)c(C)c1. The number of halogens is 2. The molecule has 0 saturated carbocycles. The highest BCUT2D eigenvalue weighted by molar-refractivity contribution is 6.35. The van der Waals surface area contributed by atoms with E-state index < -0.39 is 0 Å². The van der Waals surface area contributed by atoms with Gasteiger partial charge in [0.05, 0.1) is 5.02 Å². The van der Waals surface area contributed by atoms with Crippen molar-refractivity contribution >= 4 is 28.9 Å². The molecule has 116 valence electrons. The van der Waals surface area contributed by atoms with Gasteiger partial charge in [0.15, 0.2) is 0 Å². The number of benzene rings is 2. The van der Waals surface area contributed by atoms with Gasteiger partial charge in [-0.1, -0.05) is 41.9 Å². The minimum Gasteiger partial charge on any atom is -0.488 e. The lowest BCUT2D eigenvalue weighted by molar-refractivity contribution is 0.360. The topological polar surface area (TPSA) is 21.3 Å². The van der Waals surface area contributed by atoms with Gasteiger partial charge in [0, 0.05) is 22.8 Å². The Kier molecular flexibility index (Phi) is 5.76. The van der Waals surface area contributed by atoms with Crippen molar-refractivity contribution in [3.8, 4) is 5.75 Å². The summed E-state index contributed by atoms with van der Waals surface area (Å²) in [4.78, 5) is 0. The second-order valence-corrected chi connectivity index (χ2v) is 5.97. The molecule has 2 aromatic rings. The van der Waals surface area contributed by atoms with Gasteiger partial charge < -0.3 is 10.1 Å². The Morgan fingerprint density at radius 3 is 2.59 bits per heavy atom. The second-order valence-electron chi connectivity index (χ2n) is 5.13. The number of aryl methyl sites for hydroxylation is 2. The third-order valence-electron chi connectivity index (χ3n) is 3.42. The van der Waals surface area contributed by atoms with Gasteiger partial charge in [-0.3, -0.25) is 0 Å². The smallest absolute Gasteiger partial charge is 0.143 e. The fraction of sp³-hybridized carbons (Fsp3) is 0.222. The zero-order valence-electron chi connectivity index (χ0n) is 12.7. The summed E-state index contributed by atoms with van der Waals surface area (Å²) >= 11 is 12.3. The van der Waals surface area contributed by atoms with Crippen molar-refractivity contribution in [2.24, 2.45) is 0 Å². The van der Waals surface area contributed by atoms with Crippen LogP contribution in [0, 0.1) is 13.8 Å². The van der Waals surface area contributed by atoms with Crippen molar-refractivity contribution in [1.82, 2.24) is 0 Å². The predicted molar refractivity (Wildman–Crippen MR) is 95.4 cm³/mol. The number of nitrogens with one attached hydrogen (secondary N) is 1. The maximum absolute atomic E-state index is 6.23. The van der Waals surface area contributed by atoms with Crippen molar-refractivity contribution in [2.75, 3.05) is 11.9 Å². The van der Waals surface area contributed by atoms with Crippen molar-refractivity contribution in [3.63, 3.8) is 0 Å². The molecule has 0 saturated heterocycles. The monoisotopic (exact) mass is 335 g/mol. The fourth-order valence-corrected chi connectivity index (χ4v) is 2.69. The van der Waals surface area contributed by atoms with Crippen molar-refractivity contribution in [2.45, 2.75) is 20.4 Å². The van der Waals surface area contributed by atoms with Crippen LogP contribution in [0.3, 0.4) is 0 Å². The van der Waals surface area contributed by atoms with E-state index in [1.807, 2.05) is 6.07 Å². The van der Waals surface area contributed by atoms with Crippen LogP contribution in [0.1, 0.15) is 16.7 Å². The van der Waals surface area contributed by atoms with Crippen molar-refractivity contribution < 1.29 is 4.74 Å². The maximum Gasteiger partial charge on any atom is 0.143 e. The first-order chi connectivity index (χ1) is 10.5. The fourth-order valence-electron chi connectivity index (χ4n) is 2.10. The Balaban J connectivity index is 2.20. The zero-order valence-corrected chi connectivity index (χ0v) is 14.3. The molecule has 0 radical (unpaired) electrons. The van der Waals surface area contributed by atoms with E-state index >= 15 is 0 Å². The molecule has 0 spiro atoms. The number of hydrogen-bond donors (Lipinski definition) is 1. The molecule has 2 aromatic carbocycles. The van der Waals surface area contributed by atoms with E-state index in [0.29, 0.717) is 28.9 Å². The number of anilines is 1. The van der Waals surface area contributed by atoms with Crippen LogP contribution in [0.25, 0.3) is 0 Å². The van der Waals surface area contributed by atoms with Gasteiger partial charge in [-0.05, 0) is 49.2 Å². The highest BCUT2D eigenvalue weighted by atomic mass is 35.5. The molecule has 0 atom stereocenters. The molecular weight excluding hydrogens is 317 g/mol. The lowest BCUT2D eigenvalue weighted by Gasteiger charge is -2.14. The van der Waals surface area contributed by atoms with Crippen LogP contribution in [0.15, 0.2) is 43.0 Å². The Morgan fingerprint density at radius 2 is 1.91 bits per heavy atom. The Morgan fingerprint density at radius 1 is 1.14 bits per heavy atom. The van der Waals surface area contributed by atoms with Gasteiger partial charge in [0.2, 0.25) is 0 Å². The molecule has 22 heavy (non-hydrogen) atoms. The normalized spacial score (nSPS) is 10.4. The molecule has 0 aliphatic carbocycles. The van der Waals surface area contributed by atoms with Crippen molar-refractivity contribution in [3.05, 3.63) is 69.7 Å². The quantitative estimate of drug-likeness (QED) is 0.675. The van der Waals surface area contributed by atoms with E-state index in [-0.39, 0.29) is 0 Å². The third-order valence-corrected chi connectivity index (χ3v) is 3.92. The van der Waals surface area contributed by atoms with Gasteiger partial charge in [-0.15, -0.1) is 0 Å². The molecular formula is C18H19Cl2NO. The van der Waals surface area contributed by atoms with Crippen LogP contribution in [0.5, 0.6) is 5.75 Å². The predicted octanol–water partition coefficient (Wildman–Crippen LogP) is 5.79. The Hall–Kier alpha value is -1.64. The Bertz CT molecular complexity index is 683. The van der Waals surface area contributed by atoms with E-state index in [1.54, 1.807) is 12.1 Å². The van der Waals surface area contributed by atoms with E-state index in [2.05, 4.69) is 43.9 Å². The summed E-state index contributed by atoms with van der Waals surface area (Å²) < 4.78 is 5.65. The van der Waals surface area contributed by atoms with E-state index in [9.17, 15) is 0 Å². The molecule has 0 aliphatic heterocycles. The van der Waals surface area contributed by atoms with Gasteiger partial charge in [0.25, 0.3) is 0 Å². The van der Waals surface area contributed by atoms with Crippen LogP contribution in [0.2, 0.25) is 10.0 Å². The van der Waals surface area contributed by atoms with E-state index in [0.717, 1.165) is 11.3 Å². The third kappa shape index (κ3) is 4.19. The van der Waals surface area contributed by atoms with Gasteiger partial charge >= 0.3 is 0 Å². The standard InChI is InChI=1S/C18H19Cl2NO/c1-4-7-22-18-14(9-15(19)10-17(18)20)11-21-16-6-5-12(2)13(3)8-16/h4-6,8-10,21H,1,7,11H2,2-3H3. The lowest BCUT2D eigenvalue weighted by atomic mass is 10.1. The van der Waals surface area contributed by atoms with Crippen LogP contribution in [-0.2, 0) is 6.54 Å². The van der Waals surface area contributed by atoms with Crippen LogP contribution >= 0.6 is 23.2 Å². The molecule has 0 bridgehead atoms.